The fourth-order valence-corrected chi connectivity index (χ4v) is 2.12. The minimum absolute atomic E-state index is 0.577. The van der Waals surface area contributed by atoms with Gasteiger partial charge in [0.2, 0.25) is 0 Å². The predicted octanol–water partition coefficient (Wildman–Crippen LogP) is 1.43. The molecule has 1 atom stereocenters. The molecular weight excluding hydrogens is 155 g/mol. The molecular formula is C9H17FN2. The second-order valence-electron chi connectivity index (χ2n) is 3.81. The van der Waals surface area contributed by atoms with Gasteiger partial charge in [-0.15, -0.1) is 0 Å². The van der Waals surface area contributed by atoms with Gasteiger partial charge in [0.1, 0.15) is 6.17 Å². The van der Waals surface area contributed by atoms with Crippen molar-refractivity contribution in [2.24, 2.45) is 0 Å². The lowest BCUT2D eigenvalue weighted by Gasteiger charge is -2.34. The largest absolute Gasteiger partial charge is 0.246 e. The van der Waals surface area contributed by atoms with Crippen molar-refractivity contribution in [2.45, 2.75) is 31.9 Å². The van der Waals surface area contributed by atoms with Crippen LogP contribution >= 0.6 is 0 Å². The lowest BCUT2D eigenvalue weighted by molar-refractivity contribution is -0.0231. The topological polar surface area (TPSA) is 6.48 Å². The third-order valence-corrected chi connectivity index (χ3v) is 2.84. The van der Waals surface area contributed by atoms with Crippen LogP contribution in [-0.4, -0.2) is 42.4 Å². The van der Waals surface area contributed by atoms with Crippen LogP contribution in [0.2, 0.25) is 0 Å². The van der Waals surface area contributed by atoms with Crippen LogP contribution in [0.15, 0.2) is 0 Å². The van der Waals surface area contributed by atoms with Gasteiger partial charge in [-0.25, -0.2) is 14.4 Å². The van der Waals surface area contributed by atoms with Gasteiger partial charge in [0, 0.05) is 26.2 Å². The average Bonchev–Trinajstić information content (AvgIpc) is 2.54. The summed E-state index contributed by atoms with van der Waals surface area (Å²) in [4.78, 5) is 0. The van der Waals surface area contributed by atoms with Gasteiger partial charge in [0.05, 0.1) is 0 Å². The summed E-state index contributed by atoms with van der Waals surface area (Å²) in [6.45, 7) is 3.86. The van der Waals surface area contributed by atoms with Crippen molar-refractivity contribution in [1.82, 2.24) is 10.0 Å². The number of nitrogens with zero attached hydrogens (tertiary/aromatic N) is 2. The molecule has 0 amide bonds. The van der Waals surface area contributed by atoms with Crippen LogP contribution in [0.5, 0.6) is 0 Å². The maximum Gasteiger partial charge on any atom is 0.115 e. The molecule has 2 aliphatic rings. The fraction of sp³-hybridized carbons (Fsp3) is 1.00. The zero-order valence-electron chi connectivity index (χ0n) is 7.51. The summed E-state index contributed by atoms with van der Waals surface area (Å²) in [5.74, 6) is 0. The Morgan fingerprint density at radius 3 is 2.25 bits per heavy atom. The highest BCUT2D eigenvalue weighted by atomic mass is 19.1. The molecule has 0 N–H and O–H groups in total. The van der Waals surface area contributed by atoms with E-state index in [2.05, 4.69) is 10.0 Å². The molecule has 0 aromatic heterocycles. The Morgan fingerprint density at radius 2 is 1.67 bits per heavy atom. The van der Waals surface area contributed by atoms with Gasteiger partial charge in [0.25, 0.3) is 0 Å². The first kappa shape index (κ1) is 8.45. The van der Waals surface area contributed by atoms with E-state index in [0.29, 0.717) is 6.54 Å². The van der Waals surface area contributed by atoms with Crippen LogP contribution in [0.25, 0.3) is 0 Å². The minimum Gasteiger partial charge on any atom is -0.246 e. The van der Waals surface area contributed by atoms with E-state index in [9.17, 15) is 4.39 Å². The van der Waals surface area contributed by atoms with Gasteiger partial charge in [-0.05, 0) is 19.3 Å². The molecule has 2 fully saturated rings. The Balaban J connectivity index is 1.83. The van der Waals surface area contributed by atoms with Crippen molar-refractivity contribution in [2.75, 3.05) is 26.2 Å². The maximum absolute atomic E-state index is 12.9. The Labute approximate surface area is 73.3 Å². The lowest BCUT2D eigenvalue weighted by atomic mass is 10.2. The molecule has 70 valence electrons. The van der Waals surface area contributed by atoms with Gasteiger partial charge in [-0.3, -0.25) is 0 Å². The van der Waals surface area contributed by atoms with E-state index in [4.69, 9.17) is 0 Å². The molecule has 2 saturated heterocycles. The number of hydrogen-bond donors (Lipinski definition) is 0. The first-order valence-corrected chi connectivity index (χ1v) is 5.00. The van der Waals surface area contributed by atoms with Gasteiger partial charge in [0.15, 0.2) is 0 Å². The Morgan fingerprint density at radius 1 is 0.917 bits per heavy atom. The first-order valence-electron chi connectivity index (χ1n) is 5.00. The number of piperidine rings is 1. The lowest BCUT2D eigenvalue weighted by Crippen LogP contribution is -2.44. The molecule has 0 saturated carbocycles. The molecule has 1 unspecified atom stereocenters. The normalized spacial score (nSPS) is 34.2. The van der Waals surface area contributed by atoms with Crippen molar-refractivity contribution >= 4 is 0 Å². The Bertz CT molecular complexity index is 143. The standard InChI is InChI=1S/C9H17FN2/c10-9-4-7-12(8-9)11-5-2-1-3-6-11/h9H,1-8H2. The number of hydrazine groups is 1. The fourth-order valence-electron chi connectivity index (χ4n) is 2.12. The van der Waals surface area contributed by atoms with Crippen LogP contribution < -0.4 is 0 Å². The zero-order valence-corrected chi connectivity index (χ0v) is 7.51. The van der Waals surface area contributed by atoms with Gasteiger partial charge in [-0.1, -0.05) is 6.42 Å². The van der Waals surface area contributed by atoms with Crippen LogP contribution in [0.4, 0.5) is 4.39 Å². The Kier molecular flexibility index (Phi) is 2.61. The van der Waals surface area contributed by atoms with Gasteiger partial charge in [-0.2, -0.15) is 0 Å². The monoisotopic (exact) mass is 172 g/mol. The number of rotatable bonds is 1. The number of alkyl halides is 1. The van der Waals surface area contributed by atoms with Gasteiger partial charge >= 0.3 is 0 Å². The van der Waals surface area contributed by atoms with Crippen LogP contribution in [-0.2, 0) is 0 Å². The summed E-state index contributed by atoms with van der Waals surface area (Å²) in [6, 6.07) is 0. The van der Waals surface area contributed by atoms with E-state index in [1.54, 1.807) is 0 Å². The second kappa shape index (κ2) is 3.71. The third kappa shape index (κ3) is 1.77. The SMILES string of the molecule is FC1CCN(N2CCCCC2)C1. The van der Waals surface area contributed by atoms with Crippen LogP contribution in [0.1, 0.15) is 25.7 Å². The van der Waals surface area contributed by atoms with E-state index in [1.807, 2.05) is 0 Å². The van der Waals surface area contributed by atoms with Gasteiger partial charge < -0.3 is 0 Å². The first-order chi connectivity index (χ1) is 5.86. The molecule has 0 radical (unpaired) electrons. The zero-order chi connectivity index (χ0) is 8.39. The van der Waals surface area contributed by atoms with Crippen molar-refractivity contribution in [3.8, 4) is 0 Å². The molecule has 0 bridgehead atoms. The summed E-state index contributed by atoms with van der Waals surface area (Å²) in [5.41, 5.74) is 0. The van der Waals surface area contributed by atoms with E-state index in [1.165, 1.54) is 19.3 Å². The highest BCUT2D eigenvalue weighted by molar-refractivity contribution is 4.75. The number of halogens is 1. The average molecular weight is 172 g/mol. The quantitative estimate of drug-likeness (QED) is 0.590. The molecule has 0 aromatic rings. The summed E-state index contributed by atoms with van der Waals surface area (Å²) in [5, 5.41) is 4.53. The summed E-state index contributed by atoms with van der Waals surface area (Å²) >= 11 is 0. The molecule has 2 rings (SSSR count). The number of hydrogen-bond acceptors (Lipinski definition) is 2. The molecule has 2 aliphatic heterocycles. The predicted molar refractivity (Wildman–Crippen MR) is 46.5 cm³/mol. The molecule has 2 nitrogen and oxygen atoms in total. The van der Waals surface area contributed by atoms with E-state index in [-0.39, 0.29) is 0 Å². The maximum atomic E-state index is 12.9. The molecule has 0 aromatic carbocycles. The van der Waals surface area contributed by atoms with E-state index < -0.39 is 6.17 Å². The Hall–Kier alpha value is -0.150. The smallest absolute Gasteiger partial charge is 0.115 e. The van der Waals surface area contributed by atoms with Crippen molar-refractivity contribution < 1.29 is 4.39 Å². The minimum atomic E-state index is -0.577. The molecule has 0 aliphatic carbocycles. The van der Waals surface area contributed by atoms with Crippen molar-refractivity contribution in [3.63, 3.8) is 0 Å². The molecule has 0 spiro atoms. The molecule has 3 heteroatoms. The van der Waals surface area contributed by atoms with E-state index in [0.717, 1.165) is 26.1 Å². The van der Waals surface area contributed by atoms with Crippen LogP contribution in [0.3, 0.4) is 0 Å². The third-order valence-electron chi connectivity index (χ3n) is 2.84. The second-order valence-corrected chi connectivity index (χ2v) is 3.81. The highest BCUT2D eigenvalue weighted by Crippen LogP contribution is 2.18. The molecule has 2 heterocycles. The molecule has 12 heavy (non-hydrogen) atoms. The van der Waals surface area contributed by atoms with Crippen molar-refractivity contribution in [1.29, 1.82) is 0 Å². The summed E-state index contributed by atoms with van der Waals surface area (Å²) in [7, 11) is 0. The van der Waals surface area contributed by atoms with Crippen molar-refractivity contribution in [3.05, 3.63) is 0 Å². The van der Waals surface area contributed by atoms with Crippen LogP contribution in [0, 0.1) is 0 Å². The van der Waals surface area contributed by atoms with E-state index >= 15 is 0 Å². The summed E-state index contributed by atoms with van der Waals surface area (Å²) < 4.78 is 12.9. The highest BCUT2D eigenvalue weighted by Gasteiger charge is 2.26. The summed E-state index contributed by atoms with van der Waals surface area (Å²) in [6.07, 6.45) is 4.08.